The molecule has 2 bridgehead atoms. The number of fused-ring (bicyclic) bond motifs is 2. The zero-order valence-electron chi connectivity index (χ0n) is 7.91. The lowest BCUT2D eigenvalue weighted by atomic mass is 9.73. The minimum atomic E-state index is -0.118. The number of allylic oxidation sites excluding steroid dienone is 2. The molecule has 0 spiro atoms. The predicted molar refractivity (Wildman–Crippen MR) is 48.2 cm³/mol. The maximum Gasteiger partial charge on any atom is 0.0718 e. The van der Waals surface area contributed by atoms with Crippen molar-refractivity contribution < 1.29 is 0 Å². The second kappa shape index (κ2) is 2.15. The lowest BCUT2D eigenvalue weighted by Crippen LogP contribution is -2.26. The van der Waals surface area contributed by atoms with Gasteiger partial charge in [0.1, 0.15) is 0 Å². The second-order valence-corrected chi connectivity index (χ2v) is 4.74. The summed E-state index contributed by atoms with van der Waals surface area (Å²) in [6.45, 7) is 4.17. The molecule has 0 amide bonds. The van der Waals surface area contributed by atoms with Crippen LogP contribution in [0.2, 0.25) is 0 Å². The van der Waals surface area contributed by atoms with Gasteiger partial charge in [0.15, 0.2) is 0 Å². The van der Waals surface area contributed by atoms with Crippen LogP contribution in [0, 0.1) is 45.3 Å². The van der Waals surface area contributed by atoms with Gasteiger partial charge in [0, 0.05) is 10.8 Å². The Hall–Kier alpha value is -1.28. The maximum atomic E-state index is 9.03. The van der Waals surface area contributed by atoms with Gasteiger partial charge in [-0.15, -0.1) is 0 Å². The van der Waals surface area contributed by atoms with Crippen molar-refractivity contribution in [2.75, 3.05) is 0 Å². The predicted octanol–water partition coefficient (Wildman–Crippen LogP) is 2.25. The highest BCUT2D eigenvalue weighted by molar-refractivity contribution is 5.32. The van der Waals surface area contributed by atoms with E-state index in [1.165, 1.54) is 0 Å². The number of nitrogens with zero attached hydrogens (tertiary/aromatic N) is 2. The quantitative estimate of drug-likeness (QED) is 0.526. The molecule has 13 heavy (non-hydrogen) atoms. The Kier molecular flexibility index (Phi) is 1.37. The van der Waals surface area contributed by atoms with Crippen LogP contribution in [0.15, 0.2) is 12.2 Å². The summed E-state index contributed by atoms with van der Waals surface area (Å²) in [5.74, 6) is -0.236. The molecule has 0 aliphatic heterocycles. The van der Waals surface area contributed by atoms with Crippen molar-refractivity contribution in [3.05, 3.63) is 12.2 Å². The van der Waals surface area contributed by atoms with Gasteiger partial charge in [-0.05, 0) is 6.42 Å². The molecule has 2 aliphatic carbocycles. The Morgan fingerprint density at radius 3 is 1.77 bits per heavy atom. The largest absolute Gasteiger partial charge is 0.198 e. The van der Waals surface area contributed by atoms with Crippen LogP contribution >= 0.6 is 0 Å². The highest BCUT2D eigenvalue weighted by Gasteiger charge is 2.59. The normalized spacial score (nSPS) is 51.7. The van der Waals surface area contributed by atoms with Crippen molar-refractivity contribution in [3.63, 3.8) is 0 Å². The molecule has 0 aromatic heterocycles. The summed E-state index contributed by atoms with van der Waals surface area (Å²) < 4.78 is 0. The molecule has 0 heterocycles. The van der Waals surface area contributed by atoms with Gasteiger partial charge in [0.25, 0.3) is 0 Å². The molecule has 2 rings (SSSR count). The van der Waals surface area contributed by atoms with Crippen LogP contribution < -0.4 is 0 Å². The molecule has 66 valence electrons. The fraction of sp³-hybridized carbons (Fsp3) is 0.636. The lowest BCUT2D eigenvalue weighted by molar-refractivity contribution is 0.329. The molecule has 2 aliphatic rings. The third-order valence-corrected chi connectivity index (χ3v) is 3.64. The Morgan fingerprint density at radius 2 is 1.46 bits per heavy atom. The first-order valence-corrected chi connectivity index (χ1v) is 4.55. The van der Waals surface area contributed by atoms with Crippen molar-refractivity contribution >= 4 is 0 Å². The summed E-state index contributed by atoms with van der Waals surface area (Å²) in [5, 5.41) is 18.1. The number of nitriles is 2. The third-order valence-electron chi connectivity index (χ3n) is 3.64. The molecule has 2 heteroatoms. The van der Waals surface area contributed by atoms with E-state index < -0.39 is 0 Å². The van der Waals surface area contributed by atoms with Crippen LogP contribution in [0.1, 0.15) is 20.3 Å². The van der Waals surface area contributed by atoms with E-state index in [0.717, 1.165) is 6.42 Å². The van der Waals surface area contributed by atoms with Gasteiger partial charge in [-0.3, -0.25) is 0 Å². The first-order valence-electron chi connectivity index (χ1n) is 4.55. The molecular formula is C11H12N2. The Bertz CT molecular complexity index is 323. The fourth-order valence-electron chi connectivity index (χ4n) is 2.95. The van der Waals surface area contributed by atoms with Gasteiger partial charge in [-0.1, -0.05) is 26.0 Å². The molecule has 1 saturated carbocycles. The van der Waals surface area contributed by atoms with E-state index in [9.17, 15) is 0 Å². The van der Waals surface area contributed by atoms with Gasteiger partial charge < -0.3 is 0 Å². The van der Waals surface area contributed by atoms with Crippen molar-refractivity contribution in [3.8, 4) is 12.1 Å². The smallest absolute Gasteiger partial charge is 0.0718 e. The SMILES string of the molecule is CC12C=CC(C)(C1)C(C#N)C2C#N. The van der Waals surface area contributed by atoms with Gasteiger partial charge in [-0.2, -0.15) is 10.5 Å². The van der Waals surface area contributed by atoms with Gasteiger partial charge >= 0.3 is 0 Å². The molecular weight excluding hydrogens is 160 g/mol. The molecule has 4 atom stereocenters. The standard InChI is InChI=1S/C11H12N2/c1-10-3-4-11(2,7-10)9(6-13)8(10)5-12/h3-4,8-9H,7H2,1-2H3. The Morgan fingerprint density at radius 1 is 1.08 bits per heavy atom. The van der Waals surface area contributed by atoms with Crippen LogP contribution in [0.4, 0.5) is 0 Å². The van der Waals surface area contributed by atoms with E-state index in [4.69, 9.17) is 10.5 Å². The first kappa shape index (κ1) is 8.32. The van der Waals surface area contributed by atoms with Crippen molar-refractivity contribution in [2.24, 2.45) is 22.7 Å². The highest BCUT2D eigenvalue weighted by atomic mass is 14.6. The second-order valence-electron chi connectivity index (χ2n) is 4.74. The van der Waals surface area contributed by atoms with Crippen LogP contribution in [-0.4, -0.2) is 0 Å². The van der Waals surface area contributed by atoms with E-state index in [0.29, 0.717) is 0 Å². The summed E-state index contributed by atoms with van der Waals surface area (Å²) in [4.78, 5) is 0. The van der Waals surface area contributed by atoms with Gasteiger partial charge in [0.2, 0.25) is 0 Å². The number of rotatable bonds is 0. The van der Waals surface area contributed by atoms with E-state index in [1.807, 2.05) is 0 Å². The molecule has 0 radical (unpaired) electrons. The van der Waals surface area contributed by atoms with Crippen molar-refractivity contribution in [1.82, 2.24) is 0 Å². The number of hydrogen-bond donors (Lipinski definition) is 0. The highest BCUT2D eigenvalue weighted by Crippen LogP contribution is 2.62. The number of hydrogen-bond acceptors (Lipinski definition) is 2. The molecule has 4 unspecified atom stereocenters. The molecule has 0 aromatic rings. The topological polar surface area (TPSA) is 47.6 Å². The van der Waals surface area contributed by atoms with Gasteiger partial charge in [0.05, 0.1) is 24.0 Å². The van der Waals surface area contributed by atoms with Gasteiger partial charge in [-0.25, -0.2) is 0 Å². The Labute approximate surface area is 78.5 Å². The van der Waals surface area contributed by atoms with E-state index >= 15 is 0 Å². The first-order chi connectivity index (χ1) is 6.06. The summed E-state index contributed by atoms with van der Waals surface area (Å²) in [6.07, 6.45) is 5.19. The summed E-state index contributed by atoms with van der Waals surface area (Å²) in [6, 6.07) is 4.58. The van der Waals surface area contributed by atoms with Crippen LogP contribution in [-0.2, 0) is 0 Å². The molecule has 0 aromatic carbocycles. The molecule has 0 N–H and O–H groups in total. The zero-order chi connectivity index (χ0) is 9.69. The maximum absolute atomic E-state index is 9.03. The fourth-order valence-corrected chi connectivity index (χ4v) is 2.95. The molecule has 0 saturated heterocycles. The van der Waals surface area contributed by atoms with Crippen LogP contribution in [0.5, 0.6) is 0 Å². The monoisotopic (exact) mass is 172 g/mol. The zero-order valence-corrected chi connectivity index (χ0v) is 7.91. The average Bonchev–Trinajstić information content (AvgIpc) is 2.49. The lowest BCUT2D eigenvalue weighted by Gasteiger charge is -2.26. The van der Waals surface area contributed by atoms with Crippen molar-refractivity contribution in [1.29, 1.82) is 10.5 Å². The van der Waals surface area contributed by atoms with Crippen LogP contribution in [0.3, 0.4) is 0 Å². The van der Waals surface area contributed by atoms with E-state index in [1.54, 1.807) is 0 Å². The third kappa shape index (κ3) is 0.810. The summed E-state index contributed by atoms with van der Waals surface area (Å²) in [7, 11) is 0. The molecule has 2 nitrogen and oxygen atoms in total. The van der Waals surface area contributed by atoms with E-state index in [-0.39, 0.29) is 22.7 Å². The minimum absolute atomic E-state index is 0.0517. The van der Waals surface area contributed by atoms with Crippen molar-refractivity contribution in [2.45, 2.75) is 20.3 Å². The summed E-state index contributed by atoms with van der Waals surface area (Å²) >= 11 is 0. The molecule has 1 fully saturated rings. The van der Waals surface area contributed by atoms with Crippen LogP contribution in [0.25, 0.3) is 0 Å². The average molecular weight is 172 g/mol. The van der Waals surface area contributed by atoms with E-state index in [2.05, 4.69) is 38.1 Å². The summed E-state index contributed by atoms with van der Waals surface area (Å²) in [5.41, 5.74) is -0.103. The Balaban J connectivity index is 2.51. The minimum Gasteiger partial charge on any atom is -0.198 e.